The molecule has 0 fully saturated rings. The first-order valence-electron chi connectivity index (χ1n) is 17.2. The molecule has 0 saturated carbocycles. The van der Waals surface area contributed by atoms with Crippen molar-refractivity contribution in [3.05, 3.63) is 107 Å². The van der Waals surface area contributed by atoms with Crippen LogP contribution in [0.15, 0.2) is 90.6 Å². The third-order valence-corrected chi connectivity index (χ3v) is 8.60. The van der Waals surface area contributed by atoms with Gasteiger partial charge in [-0.15, -0.1) is 0 Å². The number of esters is 2. The van der Waals surface area contributed by atoms with E-state index >= 15 is 0 Å². The van der Waals surface area contributed by atoms with Gasteiger partial charge in [-0.25, -0.2) is 14.2 Å². The van der Waals surface area contributed by atoms with Crippen molar-refractivity contribution in [1.29, 1.82) is 0 Å². The van der Waals surface area contributed by atoms with Gasteiger partial charge in [0, 0.05) is 65.0 Å². The van der Waals surface area contributed by atoms with Crippen molar-refractivity contribution in [3.63, 3.8) is 0 Å². The van der Waals surface area contributed by atoms with Crippen molar-refractivity contribution >= 4 is 34.6 Å². The Kier molecular flexibility index (Phi) is 14.7. The number of aryl methyl sites for hydroxylation is 1. The van der Waals surface area contributed by atoms with Crippen LogP contribution < -0.4 is 14.5 Å². The summed E-state index contributed by atoms with van der Waals surface area (Å²) in [6, 6.07) is 12.8. The highest BCUT2D eigenvalue weighted by Crippen LogP contribution is 2.39. The molecule has 0 saturated heterocycles. The smallest absolute Gasteiger partial charge is 0.333 e. The second-order valence-electron chi connectivity index (χ2n) is 12.0. The Morgan fingerprint density at radius 1 is 0.735 bits per heavy atom. The fourth-order valence-electron chi connectivity index (χ4n) is 5.79. The summed E-state index contributed by atoms with van der Waals surface area (Å²) in [7, 11) is 1.72. The predicted molar refractivity (Wildman–Crippen MR) is 202 cm³/mol. The molecule has 0 N–H and O–H groups in total. The summed E-state index contributed by atoms with van der Waals surface area (Å²) in [5.74, 6) is -0.0733. The number of anilines is 2. The first-order valence-corrected chi connectivity index (χ1v) is 17.2. The van der Waals surface area contributed by atoms with Crippen LogP contribution in [0.3, 0.4) is 0 Å². The summed E-state index contributed by atoms with van der Waals surface area (Å²) in [6.45, 7) is 26.1. The molecule has 3 rings (SSSR count). The number of hydrogen-bond acceptors (Lipinski definition) is 7. The number of carbonyl (C=O) groups is 2. The van der Waals surface area contributed by atoms with E-state index in [0.717, 1.165) is 71.1 Å². The van der Waals surface area contributed by atoms with Crippen molar-refractivity contribution in [2.24, 2.45) is 0 Å². The van der Waals surface area contributed by atoms with Crippen LogP contribution >= 0.6 is 0 Å². The van der Waals surface area contributed by atoms with E-state index in [9.17, 15) is 9.59 Å². The van der Waals surface area contributed by atoms with Crippen LogP contribution in [-0.2, 0) is 19.1 Å². The molecule has 1 aliphatic carbocycles. The maximum Gasteiger partial charge on any atom is 0.333 e. The molecule has 262 valence electrons. The van der Waals surface area contributed by atoms with Crippen molar-refractivity contribution in [1.82, 2.24) is 0 Å². The van der Waals surface area contributed by atoms with Gasteiger partial charge in [0.25, 0.3) is 0 Å². The Bertz CT molecular complexity index is 1600. The molecule has 0 unspecified atom stereocenters. The zero-order valence-corrected chi connectivity index (χ0v) is 30.7. The number of methoxy groups -OCH3 is 1. The molecule has 0 atom stereocenters. The van der Waals surface area contributed by atoms with Gasteiger partial charge in [0.05, 0.1) is 20.2 Å². The van der Waals surface area contributed by atoms with Crippen LogP contribution in [0.2, 0.25) is 0 Å². The lowest BCUT2D eigenvalue weighted by molar-refractivity contribution is -0.519. The lowest BCUT2D eigenvalue weighted by Crippen LogP contribution is -2.32. The molecule has 0 radical (unpaired) electrons. The molecule has 0 amide bonds. The van der Waals surface area contributed by atoms with Crippen LogP contribution in [0, 0.1) is 6.92 Å². The number of carbonyl (C=O) groups excluding carboxylic acids is 2. The van der Waals surface area contributed by atoms with Gasteiger partial charge in [-0.1, -0.05) is 19.2 Å². The molecule has 0 aromatic heterocycles. The lowest BCUT2D eigenvalue weighted by Gasteiger charge is -2.27. The zero-order valence-electron chi connectivity index (χ0n) is 30.7. The van der Waals surface area contributed by atoms with Gasteiger partial charge >= 0.3 is 11.9 Å². The molecule has 2 aromatic rings. The third-order valence-electron chi connectivity index (χ3n) is 8.60. The van der Waals surface area contributed by atoms with Crippen molar-refractivity contribution in [2.75, 3.05) is 69.4 Å². The molecular weight excluding hydrogens is 614 g/mol. The second-order valence-corrected chi connectivity index (χ2v) is 12.0. The Morgan fingerprint density at radius 3 is 1.69 bits per heavy atom. The molecule has 49 heavy (non-hydrogen) atoms. The average molecular weight is 669 g/mol. The molecule has 0 bridgehead atoms. The highest BCUT2D eigenvalue weighted by atomic mass is 16.5. The Balaban J connectivity index is 2.13. The van der Waals surface area contributed by atoms with Crippen LogP contribution in [-0.4, -0.2) is 81.8 Å². The highest BCUT2D eigenvalue weighted by molar-refractivity contribution is 6.04. The quantitative estimate of drug-likeness (QED) is 0.0995. The third kappa shape index (κ3) is 10.1. The van der Waals surface area contributed by atoms with Crippen molar-refractivity contribution in [2.45, 2.75) is 48.5 Å². The Morgan fingerprint density at radius 2 is 1.24 bits per heavy atom. The Labute approximate surface area is 293 Å². The first kappa shape index (κ1) is 38.6. The van der Waals surface area contributed by atoms with Crippen molar-refractivity contribution in [3.8, 4) is 5.75 Å². The van der Waals surface area contributed by atoms with Crippen LogP contribution in [0.5, 0.6) is 5.75 Å². The molecule has 1 aliphatic rings. The molecule has 0 heterocycles. The van der Waals surface area contributed by atoms with E-state index in [-0.39, 0.29) is 13.2 Å². The summed E-state index contributed by atoms with van der Waals surface area (Å²) < 4.78 is 19.2. The van der Waals surface area contributed by atoms with E-state index in [4.69, 9.17) is 14.2 Å². The summed E-state index contributed by atoms with van der Waals surface area (Å²) in [4.78, 5) is 28.5. The van der Waals surface area contributed by atoms with E-state index in [2.05, 4.69) is 118 Å². The number of ether oxygens (including phenoxy) is 3. The topological polar surface area (TPSA) is 71.3 Å². The summed E-state index contributed by atoms with van der Waals surface area (Å²) in [5, 5.41) is 0. The zero-order chi connectivity index (χ0) is 36.1. The number of nitrogens with zero attached hydrogens (tertiary/aromatic N) is 3. The van der Waals surface area contributed by atoms with Crippen LogP contribution in [0.25, 0.3) is 5.57 Å². The maximum absolute atomic E-state index is 12.1. The predicted octanol–water partition coefficient (Wildman–Crippen LogP) is 7.32. The summed E-state index contributed by atoms with van der Waals surface area (Å²) >= 11 is 0. The van der Waals surface area contributed by atoms with Crippen molar-refractivity contribution < 1.29 is 28.4 Å². The largest absolute Gasteiger partial charge is 0.496 e. The van der Waals surface area contributed by atoms with Gasteiger partial charge < -0.3 is 24.0 Å². The number of hydrogen-bond donors (Lipinski definition) is 0. The monoisotopic (exact) mass is 668 g/mol. The Hall–Kier alpha value is -4.85. The fourth-order valence-corrected chi connectivity index (χ4v) is 5.79. The van der Waals surface area contributed by atoms with E-state index < -0.39 is 11.9 Å². The average Bonchev–Trinajstić information content (AvgIpc) is 3.10. The van der Waals surface area contributed by atoms with E-state index in [1.807, 2.05) is 4.90 Å². The second kappa shape index (κ2) is 18.6. The van der Waals surface area contributed by atoms with E-state index in [1.165, 1.54) is 5.71 Å². The standard InChI is InChI=1S/C41H54N3O5/c1-11-42(12-2)33-17-15-32(16-18-33)39(37-22-20-35(28-38(37)47-10)43(13-3)14-4)36-21-19-34(27-31(36)9)44(23-25-48-40(45)29(5)6)24-26-49-41(46)30(7)8/h15-22,27-28H,5,7,11-14,23-26H2,1-4,6,8-10H3/q+1. The van der Waals surface area contributed by atoms with Gasteiger partial charge in [0.1, 0.15) is 32.1 Å². The van der Waals surface area contributed by atoms with Gasteiger partial charge in [0.15, 0.2) is 5.71 Å². The van der Waals surface area contributed by atoms with Gasteiger partial charge in [0.2, 0.25) is 0 Å². The van der Waals surface area contributed by atoms with E-state index in [0.29, 0.717) is 24.2 Å². The first-order chi connectivity index (χ1) is 23.5. The summed E-state index contributed by atoms with van der Waals surface area (Å²) in [5.41, 5.74) is 9.16. The van der Waals surface area contributed by atoms with Gasteiger partial charge in [-0.05, 0) is 102 Å². The number of allylic oxidation sites excluding steroid dienone is 5. The minimum absolute atomic E-state index is 0.160. The molecule has 0 spiro atoms. The maximum atomic E-state index is 12.1. The molecular formula is C41H54N3O5+. The molecule has 2 aromatic carbocycles. The van der Waals surface area contributed by atoms with Gasteiger partial charge in [-0.3, -0.25) is 0 Å². The lowest BCUT2D eigenvalue weighted by atomic mass is 9.87. The number of benzene rings is 2. The van der Waals surface area contributed by atoms with Gasteiger partial charge in [-0.2, -0.15) is 0 Å². The molecule has 8 nitrogen and oxygen atoms in total. The minimum Gasteiger partial charge on any atom is -0.496 e. The van der Waals surface area contributed by atoms with Crippen LogP contribution in [0.4, 0.5) is 11.4 Å². The molecule has 8 heteroatoms. The van der Waals surface area contributed by atoms with Crippen LogP contribution in [0.1, 0.15) is 58.2 Å². The van der Waals surface area contributed by atoms with E-state index in [1.54, 1.807) is 21.0 Å². The SMILES string of the molecule is C=C(C)C(=O)OCCN(CCOC(=O)C(=C)C)c1ccc(C(=C2C=CC(=[N+](CC)CC)C=C2)c2ccc(N(CC)CC)cc2OC)c(C)c1. The molecule has 0 aliphatic heterocycles. The fraction of sp³-hybridized carbons (Fsp3) is 0.390. The normalized spacial score (nSPS) is 12.0. The highest BCUT2D eigenvalue weighted by Gasteiger charge is 2.21. The minimum atomic E-state index is -0.438. The number of rotatable bonds is 17. The summed E-state index contributed by atoms with van der Waals surface area (Å²) in [6.07, 6.45) is 8.74.